The SMILES string of the molecule is COC(CC1OC(=O)CC(O)CC=CC(=O)C(C)C(C)c2coc(n2)-c2coc(n2)-c2coc(n2)C=CCC(OC)C1C)C(C)CCC(=O)C(C)C(OC(C)=O)C(C)C=CN(C)C=O. The van der Waals surface area contributed by atoms with E-state index in [2.05, 4.69) is 15.0 Å². The molecule has 0 spiro atoms. The van der Waals surface area contributed by atoms with Crippen LogP contribution in [0.4, 0.5) is 0 Å². The van der Waals surface area contributed by atoms with Gasteiger partial charge in [-0.1, -0.05) is 59.8 Å². The highest BCUT2D eigenvalue weighted by Crippen LogP contribution is 2.31. The first kappa shape index (κ1) is 51.1. The number of ether oxygens (including phenoxy) is 4. The van der Waals surface area contributed by atoms with E-state index in [0.717, 1.165) is 0 Å². The fourth-order valence-corrected chi connectivity index (χ4v) is 7.52. The number of rotatable bonds is 15. The summed E-state index contributed by atoms with van der Waals surface area (Å²) in [5.41, 5.74) is 1.24. The Morgan fingerprint density at radius 3 is 2.30 bits per heavy atom. The fraction of sp³-hybridized carbons (Fsp3) is 0.574. The number of hydrogen-bond donors (Lipinski definition) is 1. The maximum absolute atomic E-state index is 13.6. The number of aliphatic hydroxyl groups excluding tert-OH is 1. The predicted octanol–water partition coefficient (Wildman–Crippen LogP) is 7.17. The zero-order valence-electron chi connectivity index (χ0n) is 38.5. The van der Waals surface area contributed by atoms with Gasteiger partial charge in [0.15, 0.2) is 17.2 Å². The van der Waals surface area contributed by atoms with Crippen molar-refractivity contribution >= 4 is 36.0 Å². The van der Waals surface area contributed by atoms with Gasteiger partial charge in [-0.05, 0) is 37.3 Å². The summed E-state index contributed by atoms with van der Waals surface area (Å²) in [6, 6.07) is 0. The van der Waals surface area contributed by atoms with E-state index in [0.29, 0.717) is 36.3 Å². The van der Waals surface area contributed by atoms with Gasteiger partial charge in [-0.15, -0.1) is 0 Å². The third kappa shape index (κ3) is 14.5. The Labute approximate surface area is 374 Å². The minimum absolute atomic E-state index is 0.0337. The number of amides is 1. The van der Waals surface area contributed by atoms with Crippen LogP contribution in [0, 0.1) is 29.6 Å². The second-order valence-electron chi connectivity index (χ2n) is 16.8. The van der Waals surface area contributed by atoms with Crippen LogP contribution in [-0.4, -0.2) is 107 Å². The molecular formula is C47H64N4O13. The maximum atomic E-state index is 13.6. The summed E-state index contributed by atoms with van der Waals surface area (Å²) >= 11 is 0. The van der Waals surface area contributed by atoms with Gasteiger partial charge in [0.2, 0.25) is 24.1 Å². The number of aliphatic hydroxyl groups is 1. The number of aromatic nitrogens is 3. The minimum Gasteiger partial charge on any atom is -0.462 e. The van der Waals surface area contributed by atoms with Gasteiger partial charge in [0.25, 0.3) is 0 Å². The third-order valence-corrected chi connectivity index (χ3v) is 12.0. The Kier molecular flexibility index (Phi) is 19.6. The van der Waals surface area contributed by atoms with Crippen LogP contribution < -0.4 is 0 Å². The maximum Gasteiger partial charge on any atom is 0.308 e. The van der Waals surface area contributed by atoms with Crippen LogP contribution in [0.3, 0.4) is 0 Å². The highest BCUT2D eigenvalue weighted by molar-refractivity contribution is 5.92. The monoisotopic (exact) mass is 892 g/mol. The molecule has 0 aromatic carbocycles. The lowest BCUT2D eigenvalue weighted by atomic mass is 9.84. The molecule has 11 unspecified atom stereocenters. The highest BCUT2D eigenvalue weighted by atomic mass is 16.6. The summed E-state index contributed by atoms with van der Waals surface area (Å²) in [7, 11) is 4.70. The van der Waals surface area contributed by atoms with Gasteiger partial charge >= 0.3 is 11.9 Å². The van der Waals surface area contributed by atoms with Gasteiger partial charge < -0.3 is 42.2 Å². The number of carbonyl (C=O) groups excluding carboxylic acids is 5. The Morgan fingerprint density at radius 2 is 1.61 bits per heavy atom. The number of hydrogen-bond acceptors (Lipinski definition) is 16. The van der Waals surface area contributed by atoms with Crippen molar-refractivity contribution in [3.05, 3.63) is 60.9 Å². The van der Waals surface area contributed by atoms with Gasteiger partial charge in [0, 0.05) is 70.9 Å². The van der Waals surface area contributed by atoms with E-state index >= 15 is 0 Å². The lowest BCUT2D eigenvalue weighted by Crippen LogP contribution is -2.39. The molecule has 4 heterocycles. The molecule has 0 fully saturated rings. The topological polar surface area (TPSA) is 224 Å². The molecule has 17 heteroatoms. The van der Waals surface area contributed by atoms with Gasteiger partial charge in [-0.25, -0.2) is 15.0 Å². The number of methoxy groups -OCH3 is 2. The number of allylic oxidation sites excluding steroid dienone is 1. The Hall–Kier alpha value is -5.52. The molecule has 1 amide bonds. The van der Waals surface area contributed by atoms with Crippen molar-refractivity contribution < 1.29 is 61.3 Å². The summed E-state index contributed by atoms with van der Waals surface area (Å²) in [5.74, 6) is -3.15. The van der Waals surface area contributed by atoms with Crippen molar-refractivity contribution in [2.24, 2.45) is 29.6 Å². The van der Waals surface area contributed by atoms with E-state index in [1.807, 2.05) is 33.8 Å². The first-order valence-electron chi connectivity index (χ1n) is 21.7. The van der Waals surface area contributed by atoms with Crippen LogP contribution in [0.15, 0.2) is 62.5 Å². The summed E-state index contributed by atoms with van der Waals surface area (Å²) in [6.45, 7) is 12.3. The van der Waals surface area contributed by atoms with Crippen molar-refractivity contribution in [2.75, 3.05) is 21.3 Å². The molecule has 0 aliphatic carbocycles. The zero-order valence-corrected chi connectivity index (χ0v) is 38.5. The Bertz CT molecular complexity index is 2080. The second-order valence-corrected chi connectivity index (χ2v) is 16.8. The van der Waals surface area contributed by atoms with Crippen LogP contribution in [-0.2, 0) is 42.9 Å². The molecule has 17 nitrogen and oxygen atoms in total. The molecule has 64 heavy (non-hydrogen) atoms. The lowest BCUT2D eigenvalue weighted by Gasteiger charge is -2.34. The van der Waals surface area contributed by atoms with E-state index < -0.39 is 60.2 Å². The number of fused-ring (bicyclic) bond motifs is 8. The smallest absolute Gasteiger partial charge is 0.308 e. The standard InChI is InChI=1S/C47H64N4O13/c1-27(17-18-39(56)31(5)45(63-33(7)53)28(2)19-20-51(8)26-52)41(59-10)22-42-32(6)40(58-9)15-12-16-43-48-36(24-60-43)46-50-37(25-62-46)47-49-35(23-61-47)29(3)30(4)38(55)14-11-13-34(54)21-44(57)64-42/h11-12,14,16,19-20,23-32,34,40-42,45,54H,13,15,17-18,21-22H2,1-10H3. The van der Waals surface area contributed by atoms with Gasteiger partial charge in [0.1, 0.15) is 36.8 Å². The van der Waals surface area contributed by atoms with Gasteiger partial charge in [-0.3, -0.25) is 24.0 Å². The Balaban J connectivity index is 1.54. The van der Waals surface area contributed by atoms with E-state index in [-0.39, 0.29) is 72.7 Å². The number of nitrogens with zero attached hydrogens (tertiary/aromatic N) is 4. The summed E-state index contributed by atoms with van der Waals surface area (Å²) in [4.78, 5) is 78.2. The van der Waals surface area contributed by atoms with Crippen molar-refractivity contribution in [3.63, 3.8) is 0 Å². The van der Waals surface area contributed by atoms with E-state index in [1.165, 1.54) is 36.7 Å². The number of oxazole rings is 3. The van der Waals surface area contributed by atoms with E-state index in [1.54, 1.807) is 59.5 Å². The molecular weight excluding hydrogens is 829 g/mol. The average Bonchev–Trinajstić information content (AvgIpc) is 4.07. The average molecular weight is 893 g/mol. The predicted molar refractivity (Wildman–Crippen MR) is 234 cm³/mol. The number of cyclic esters (lactones) is 1. The van der Waals surface area contributed by atoms with Crippen LogP contribution in [0.2, 0.25) is 0 Å². The van der Waals surface area contributed by atoms with Crippen LogP contribution in [0.1, 0.15) is 104 Å². The molecule has 0 saturated heterocycles. The highest BCUT2D eigenvalue weighted by Gasteiger charge is 2.35. The first-order chi connectivity index (χ1) is 30.4. The molecule has 11 atom stereocenters. The summed E-state index contributed by atoms with van der Waals surface area (Å²) < 4.78 is 40.6. The molecule has 350 valence electrons. The van der Waals surface area contributed by atoms with Crippen molar-refractivity contribution in [2.45, 2.75) is 123 Å². The second kappa shape index (κ2) is 24.5. The first-order valence-corrected chi connectivity index (χ1v) is 21.7. The minimum atomic E-state index is -1.13. The van der Waals surface area contributed by atoms with E-state index in [9.17, 15) is 29.1 Å². The zero-order chi connectivity index (χ0) is 47.1. The Morgan fingerprint density at radius 1 is 0.938 bits per heavy atom. The molecule has 0 radical (unpaired) electrons. The number of carbonyl (C=O) groups is 5. The van der Waals surface area contributed by atoms with E-state index in [4.69, 9.17) is 32.2 Å². The molecule has 1 N–H and O–H groups in total. The van der Waals surface area contributed by atoms with Crippen LogP contribution in [0.5, 0.6) is 0 Å². The number of Topliss-reactive ketones (excluding diaryl/α,β-unsaturated/α-hetero) is 1. The normalized spacial score (nSPS) is 23.9. The quantitative estimate of drug-likeness (QED) is 0.118. The number of esters is 2. The molecule has 3 aromatic rings. The van der Waals surface area contributed by atoms with Gasteiger partial charge in [-0.2, -0.15) is 0 Å². The molecule has 6 bridgehead atoms. The summed E-state index contributed by atoms with van der Waals surface area (Å²) in [6.07, 6.45) is 12.0. The molecule has 1 aliphatic heterocycles. The molecule has 1 aliphatic rings. The van der Waals surface area contributed by atoms with Crippen molar-refractivity contribution in [1.82, 2.24) is 19.9 Å². The fourth-order valence-electron chi connectivity index (χ4n) is 7.52. The summed E-state index contributed by atoms with van der Waals surface area (Å²) in [5, 5.41) is 10.9. The molecule has 0 saturated carbocycles. The third-order valence-electron chi connectivity index (χ3n) is 12.0. The van der Waals surface area contributed by atoms with Crippen molar-refractivity contribution in [1.29, 1.82) is 0 Å². The molecule has 4 rings (SSSR count). The van der Waals surface area contributed by atoms with Crippen LogP contribution >= 0.6 is 0 Å². The van der Waals surface area contributed by atoms with Gasteiger partial charge in [0.05, 0.1) is 36.3 Å². The number of ketones is 2. The lowest BCUT2D eigenvalue weighted by molar-refractivity contribution is -0.159. The van der Waals surface area contributed by atoms with Crippen molar-refractivity contribution in [3.8, 4) is 23.2 Å². The molecule has 3 aromatic heterocycles. The van der Waals surface area contributed by atoms with Crippen LogP contribution in [0.25, 0.3) is 29.2 Å². The largest absolute Gasteiger partial charge is 0.462 e.